The molecule has 2 aromatic carbocycles. The van der Waals surface area contributed by atoms with Gasteiger partial charge in [0.1, 0.15) is 10.8 Å². The fourth-order valence-corrected chi connectivity index (χ4v) is 3.81. The Kier molecular flexibility index (Phi) is 6.33. The summed E-state index contributed by atoms with van der Waals surface area (Å²) in [4.78, 5) is 27.5. The summed E-state index contributed by atoms with van der Waals surface area (Å²) >= 11 is 1.37. The number of nitrogens with zero attached hydrogens (tertiary/aromatic N) is 2. The average Bonchev–Trinajstić information content (AvgIpc) is 2.71. The molecule has 1 heterocycles. The molecule has 3 rings (SSSR count). The van der Waals surface area contributed by atoms with Crippen molar-refractivity contribution in [1.82, 2.24) is 4.98 Å². The summed E-state index contributed by atoms with van der Waals surface area (Å²) in [7, 11) is 1.40. The third-order valence-corrected chi connectivity index (χ3v) is 5.43. The molecule has 0 saturated carbocycles. The maximum Gasteiger partial charge on any atom is 0.273 e. The quantitative estimate of drug-likeness (QED) is 0.342. The van der Waals surface area contributed by atoms with Crippen LogP contribution in [0.2, 0.25) is 0 Å². The zero-order valence-corrected chi connectivity index (χ0v) is 17.2. The van der Waals surface area contributed by atoms with Gasteiger partial charge in [-0.15, -0.1) is 0 Å². The number of anilines is 1. The number of nitro benzene ring substituents is 1. The van der Waals surface area contributed by atoms with Crippen LogP contribution in [0.15, 0.2) is 47.5 Å². The summed E-state index contributed by atoms with van der Waals surface area (Å²) in [6.07, 6.45) is 0.816. The molecule has 29 heavy (non-hydrogen) atoms. The second-order valence-electron chi connectivity index (χ2n) is 6.48. The summed E-state index contributed by atoms with van der Waals surface area (Å²) in [5.41, 5.74) is 3.46. The lowest BCUT2D eigenvalue weighted by molar-refractivity contribution is -0.384. The molecule has 0 saturated heterocycles. The van der Waals surface area contributed by atoms with E-state index in [1.165, 1.54) is 42.6 Å². The Morgan fingerprint density at radius 1 is 1.24 bits per heavy atom. The average molecular weight is 411 g/mol. The molecule has 0 fully saturated rings. The number of hydrogen-bond acceptors (Lipinski definition) is 6. The predicted octanol–water partition coefficient (Wildman–Crippen LogP) is 4.75. The molecule has 3 aromatic rings. The van der Waals surface area contributed by atoms with Gasteiger partial charge in [-0.1, -0.05) is 30.3 Å². The number of carbonyl (C=O) groups is 1. The zero-order chi connectivity index (χ0) is 21.0. The Labute approximate surface area is 172 Å². The second kappa shape index (κ2) is 8.91. The number of benzene rings is 2. The number of methoxy groups -OCH3 is 1. The first-order valence-electron chi connectivity index (χ1n) is 9.06. The molecule has 1 N–H and O–H groups in total. The van der Waals surface area contributed by atoms with Crippen LogP contribution in [0.25, 0.3) is 10.9 Å². The highest BCUT2D eigenvalue weighted by Crippen LogP contribution is 2.30. The highest BCUT2D eigenvalue weighted by Gasteiger charge is 2.15. The number of rotatable bonds is 7. The Balaban J connectivity index is 1.74. The Bertz CT molecular complexity index is 1080. The van der Waals surface area contributed by atoms with E-state index < -0.39 is 4.92 Å². The van der Waals surface area contributed by atoms with E-state index in [2.05, 4.69) is 24.4 Å². The molecule has 0 aliphatic carbocycles. The van der Waals surface area contributed by atoms with Crippen LogP contribution in [-0.4, -0.2) is 28.7 Å². The van der Waals surface area contributed by atoms with E-state index in [9.17, 15) is 14.9 Å². The molecule has 0 atom stereocenters. The maximum absolute atomic E-state index is 12.4. The van der Waals surface area contributed by atoms with Crippen LogP contribution in [0, 0.1) is 17.0 Å². The van der Waals surface area contributed by atoms with E-state index in [0.717, 1.165) is 27.9 Å². The van der Waals surface area contributed by atoms with Gasteiger partial charge >= 0.3 is 0 Å². The number of amides is 1. The molecular weight excluding hydrogens is 390 g/mol. The van der Waals surface area contributed by atoms with Crippen LogP contribution in [0.1, 0.15) is 18.1 Å². The van der Waals surface area contributed by atoms with E-state index in [0.29, 0.717) is 5.69 Å². The van der Waals surface area contributed by atoms with Gasteiger partial charge in [-0.2, -0.15) is 0 Å². The first-order valence-corrected chi connectivity index (χ1v) is 10.0. The van der Waals surface area contributed by atoms with Crippen molar-refractivity contribution in [2.75, 3.05) is 18.2 Å². The topological polar surface area (TPSA) is 94.4 Å². The normalized spacial score (nSPS) is 10.7. The molecule has 0 aliphatic rings. The minimum Gasteiger partial charge on any atom is -0.494 e. The van der Waals surface area contributed by atoms with Gasteiger partial charge in [0.2, 0.25) is 5.91 Å². The molecule has 1 amide bonds. The summed E-state index contributed by atoms with van der Waals surface area (Å²) in [5.74, 6) is 0.165. The molecule has 0 aliphatic heterocycles. The van der Waals surface area contributed by atoms with E-state index in [4.69, 9.17) is 9.72 Å². The van der Waals surface area contributed by atoms with Gasteiger partial charge in [-0.3, -0.25) is 14.9 Å². The Morgan fingerprint density at radius 2 is 2.03 bits per heavy atom. The predicted molar refractivity (Wildman–Crippen MR) is 115 cm³/mol. The third-order valence-electron chi connectivity index (χ3n) is 4.40. The van der Waals surface area contributed by atoms with Crippen LogP contribution in [0.5, 0.6) is 5.75 Å². The number of hydrogen-bond donors (Lipinski definition) is 1. The van der Waals surface area contributed by atoms with Gasteiger partial charge in [-0.05, 0) is 43.2 Å². The number of nitro groups is 1. The first-order chi connectivity index (χ1) is 13.9. The first kappa shape index (κ1) is 20.6. The monoisotopic (exact) mass is 411 g/mol. The van der Waals surface area contributed by atoms with Gasteiger partial charge in [-0.25, -0.2) is 4.98 Å². The lowest BCUT2D eigenvalue weighted by Gasteiger charge is -2.11. The largest absolute Gasteiger partial charge is 0.494 e. The van der Waals surface area contributed by atoms with Crippen molar-refractivity contribution in [3.05, 3.63) is 63.7 Å². The van der Waals surface area contributed by atoms with Crippen LogP contribution in [0.3, 0.4) is 0 Å². The molecule has 0 radical (unpaired) electrons. The summed E-state index contributed by atoms with van der Waals surface area (Å²) in [6, 6.07) is 12.3. The molecule has 150 valence electrons. The van der Waals surface area contributed by atoms with E-state index in [1.54, 1.807) is 0 Å². The smallest absolute Gasteiger partial charge is 0.273 e. The third kappa shape index (κ3) is 4.83. The molecule has 0 spiro atoms. The highest BCUT2D eigenvalue weighted by molar-refractivity contribution is 8.00. The van der Waals surface area contributed by atoms with Crippen LogP contribution < -0.4 is 10.1 Å². The van der Waals surface area contributed by atoms with Gasteiger partial charge < -0.3 is 10.1 Å². The van der Waals surface area contributed by atoms with Crippen molar-refractivity contribution in [3.63, 3.8) is 0 Å². The van der Waals surface area contributed by atoms with Crippen molar-refractivity contribution in [3.8, 4) is 5.75 Å². The summed E-state index contributed by atoms with van der Waals surface area (Å²) in [5, 5.41) is 15.5. The molecule has 7 nitrogen and oxygen atoms in total. The van der Waals surface area contributed by atoms with Gasteiger partial charge in [0.15, 0.2) is 0 Å². The molecular formula is C21H21N3O4S. The number of pyridine rings is 1. The molecule has 8 heteroatoms. The maximum atomic E-state index is 12.4. The van der Waals surface area contributed by atoms with E-state index >= 15 is 0 Å². The minimum atomic E-state index is -0.511. The lowest BCUT2D eigenvalue weighted by Crippen LogP contribution is -2.15. The van der Waals surface area contributed by atoms with Crippen LogP contribution in [-0.2, 0) is 11.2 Å². The number of carbonyl (C=O) groups excluding carboxylic acids is 1. The van der Waals surface area contributed by atoms with Crippen molar-refractivity contribution in [2.24, 2.45) is 0 Å². The van der Waals surface area contributed by atoms with Gasteiger partial charge in [0, 0.05) is 11.5 Å². The minimum absolute atomic E-state index is 0.0996. The number of non-ortho nitro benzene ring substituents is 1. The number of aromatic nitrogens is 1. The fourth-order valence-electron chi connectivity index (χ4n) is 2.92. The van der Waals surface area contributed by atoms with Crippen molar-refractivity contribution < 1.29 is 14.5 Å². The molecule has 0 unspecified atom stereocenters. The molecule has 0 bridgehead atoms. The van der Waals surface area contributed by atoms with E-state index in [-0.39, 0.29) is 23.1 Å². The van der Waals surface area contributed by atoms with Gasteiger partial charge in [0.05, 0.1) is 35.1 Å². The number of aryl methyl sites for hydroxylation is 2. The SMILES string of the molecule is CCc1cc2cc(C)ccc2nc1SCC(=O)Nc1ccc([N+](=O)[O-])cc1OC. The van der Waals surface area contributed by atoms with Crippen molar-refractivity contribution in [2.45, 2.75) is 25.3 Å². The zero-order valence-electron chi connectivity index (χ0n) is 16.4. The summed E-state index contributed by atoms with van der Waals surface area (Å²) in [6.45, 7) is 4.11. The van der Waals surface area contributed by atoms with Crippen molar-refractivity contribution in [1.29, 1.82) is 0 Å². The Morgan fingerprint density at radius 3 is 2.72 bits per heavy atom. The number of fused-ring (bicyclic) bond motifs is 1. The molecule has 1 aromatic heterocycles. The van der Waals surface area contributed by atoms with Crippen molar-refractivity contribution >= 4 is 39.9 Å². The Hall–Kier alpha value is -3.13. The summed E-state index contributed by atoms with van der Waals surface area (Å²) < 4.78 is 5.16. The van der Waals surface area contributed by atoms with E-state index in [1.807, 2.05) is 19.1 Å². The lowest BCUT2D eigenvalue weighted by atomic mass is 10.1. The second-order valence-corrected chi connectivity index (χ2v) is 7.44. The van der Waals surface area contributed by atoms with Gasteiger partial charge in [0.25, 0.3) is 5.69 Å². The highest BCUT2D eigenvalue weighted by atomic mass is 32.2. The number of nitrogens with one attached hydrogen (secondary N) is 1. The van der Waals surface area contributed by atoms with Crippen LogP contribution >= 0.6 is 11.8 Å². The fraction of sp³-hybridized carbons (Fsp3) is 0.238. The standard InChI is InChI=1S/C21H21N3O4S/c1-4-14-10-15-9-13(2)5-7-17(15)23-21(14)29-12-20(25)22-18-8-6-16(24(26)27)11-19(18)28-3/h5-11H,4,12H2,1-3H3,(H,22,25). The number of ether oxygens (including phenoxy) is 1. The number of thioether (sulfide) groups is 1. The van der Waals surface area contributed by atoms with Crippen LogP contribution in [0.4, 0.5) is 11.4 Å².